The third kappa shape index (κ3) is 4.02. The highest BCUT2D eigenvalue weighted by Crippen LogP contribution is 2.04. The first-order chi connectivity index (χ1) is 7.22. The zero-order valence-electron chi connectivity index (χ0n) is 8.15. The van der Waals surface area contributed by atoms with Gasteiger partial charge in [0.05, 0.1) is 11.9 Å². The maximum Gasteiger partial charge on any atom is 0.320 e. The lowest BCUT2D eigenvalue weighted by Gasteiger charge is -2.04. The van der Waals surface area contributed by atoms with E-state index >= 15 is 0 Å². The Bertz CT molecular complexity index is 382. The average Bonchev–Trinajstić information content (AvgIpc) is 2.22. The molecule has 0 bridgehead atoms. The van der Waals surface area contributed by atoms with Crippen molar-refractivity contribution in [2.75, 3.05) is 12.0 Å². The number of nitrogens with zero attached hydrogens (tertiary/aromatic N) is 2. The number of aryl methyl sites for hydroxylation is 1. The summed E-state index contributed by atoms with van der Waals surface area (Å²) < 4.78 is 0. The molecule has 1 aromatic rings. The van der Waals surface area contributed by atoms with E-state index in [2.05, 4.69) is 20.6 Å². The van der Waals surface area contributed by atoms with Crippen LogP contribution in [0.25, 0.3) is 0 Å². The monoisotopic (exact) mass is 206 g/mol. The summed E-state index contributed by atoms with van der Waals surface area (Å²) in [4.78, 5) is 28.0. The van der Waals surface area contributed by atoms with E-state index in [1.54, 1.807) is 12.1 Å². The van der Waals surface area contributed by atoms with Gasteiger partial charge >= 0.3 is 6.03 Å². The van der Waals surface area contributed by atoms with Gasteiger partial charge in [-0.25, -0.2) is 9.59 Å². The lowest BCUT2D eigenvalue weighted by molar-refractivity contribution is 0.252. The number of aromatic nitrogens is 1. The van der Waals surface area contributed by atoms with Crippen LogP contribution in [0, 0.1) is 6.92 Å². The SMILES string of the molecule is Cc1ccc(NC(=O)NCN=C=O)cn1. The van der Waals surface area contributed by atoms with Crippen LogP contribution in [0.2, 0.25) is 0 Å². The van der Waals surface area contributed by atoms with Gasteiger partial charge in [-0.2, -0.15) is 4.99 Å². The number of urea groups is 1. The first kappa shape index (κ1) is 10.9. The Labute approximate surface area is 86.4 Å². The van der Waals surface area contributed by atoms with Crippen LogP contribution < -0.4 is 10.6 Å². The number of carbonyl (C=O) groups is 1. The number of isocyanates is 1. The van der Waals surface area contributed by atoms with Crippen molar-refractivity contribution in [2.45, 2.75) is 6.92 Å². The predicted molar refractivity (Wildman–Crippen MR) is 54.1 cm³/mol. The number of aliphatic imine (C=N–C) groups is 1. The Balaban J connectivity index is 2.44. The fourth-order valence-electron chi connectivity index (χ4n) is 0.861. The first-order valence-electron chi connectivity index (χ1n) is 4.23. The number of hydrogen-bond donors (Lipinski definition) is 2. The maximum atomic E-state index is 11.1. The molecule has 0 aromatic carbocycles. The number of hydrogen-bond acceptors (Lipinski definition) is 4. The highest BCUT2D eigenvalue weighted by atomic mass is 16.2. The first-order valence-corrected chi connectivity index (χ1v) is 4.23. The summed E-state index contributed by atoms with van der Waals surface area (Å²) in [6.07, 6.45) is 2.85. The van der Waals surface area contributed by atoms with Crippen LogP contribution in [0.1, 0.15) is 5.69 Å². The van der Waals surface area contributed by atoms with Crippen LogP contribution in [0.5, 0.6) is 0 Å². The van der Waals surface area contributed by atoms with Gasteiger partial charge in [0.25, 0.3) is 0 Å². The van der Waals surface area contributed by atoms with Crippen molar-refractivity contribution < 1.29 is 9.59 Å². The minimum absolute atomic E-state index is 0.0887. The largest absolute Gasteiger partial charge is 0.320 e. The summed E-state index contributed by atoms with van der Waals surface area (Å²) >= 11 is 0. The van der Waals surface area contributed by atoms with E-state index in [0.29, 0.717) is 5.69 Å². The van der Waals surface area contributed by atoms with Crippen molar-refractivity contribution in [3.05, 3.63) is 24.0 Å². The molecule has 0 unspecified atom stereocenters. The Morgan fingerprint density at radius 2 is 2.40 bits per heavy atom. The van der Waals surface area contributed by atoms with E-state index in [4.69, 9.17) is 0 Å². The molecule has 0 aliphatic carbocycles. The van der Waals surface area contributed by atoms with E-state index in [0.717, 1.165) is 5.69 Å². The van der Waals surface area contributed by atoms with E-state index in [-0.39, 0.29) is 6.67 Å². The standard InChI is InChI=1S/C9H10N4O2/c1-7-2-3-8(4-11-7)13-9(15)12-5-10-6-14/h2-4H,5H2,1H3,(H2,12,13,15). The highest BCUT2D eigenvalue weighted by Gasteiger charge is 1.99. The predicted octanol–water partition coefficient (Wildman–Crippen LogP) is 0.805. The molecule has 0 saturated carbocycles. The minimum atomic E-state index is -0.445. The number of anilines is 1. The molecule has 15 heavy (non-hydrogen) atoms. The summed E-state index contributed by atoms with van der Waals surface area (Å²) in [5.41, 5.74) is 1.44. The molecule has 6 heteroatoms. The van der Waals surface area contributed by atoms with Crippen LogP contribution in [-0.4, -0.2) is 23.8 Å². The molecule has 0 aliphatic rings. The van der Waals surface area contributed by atoms with Gasteiger partial charge in [-0.1, -0.05) is 0 Å². The highest BCUT2D eigenvalue weighted by molar-refractivity contribution is 5.88. The lowest BCUT2D eigenvalue weighted by Crippen LogP contribution is -2.28. The van der Waals surface area contributed by atoms with Crippen molar-refractivity contribution in [1.29, 1.82) is 0 Å². The van der Waals surface area contributed by atoms with Crippen LogP contribution in [-0.2, 0) is 4.79 Å². The van der Waals surface area contributed by atoms with Crippen LogP contribution >= 0.6 is 0 Å². The van der Waals surface area contributed by atoms with Crippen LogP contribution in [0.3, 0.4) is 0 Å². The lowest BCUT2D eigenvalue weighted by atomic mass is 10.3. The molecular formula is C9H10N4O2. The van der Waals surface area contributed by atoms with E-state index in [1.165, 1.54) is 12.3 Å². The van der Waals surface area contributed by atoms with Gasteiger partial charge < -0.3 is 10.6 Å². The van der Waals surface area contributed by atoms with Gasteiger partial charge in [0.1, 0.15) is 6.67 Å². The average molecular weight is 206 g/mol. The Morgan fingerprint density at radius 3 is 3.00 bits per heavy atom. The fourth-order valence-corrected chi connectivity index (χ4v) is 0.861. The number of nitrogens with one attached hydrogen (secondary N) is 2. The second-order valence-electron chi connectivity index (χ2n) is 2.73. The van der Waals surface area contributed by atoms with Gasteiger partial charge in [-0.05, 0) is 19.1 Å². The zero-order chi connectivity index (χ0) is 11.1. The van der Waals surface area contributed by atoms with E-state index in [9.17, 15) is 9.59 Å². The third-order valence-corrected chi connectivity index (χ3v) is 1.55. The summed E-state index contributed by atoms with van der Waals surface area (Å²) in [6, 6.07) is 3.06. The Kier molecular flexibility index (Phi) is 4.00. The Hall–Kier alpha value is -2.20. The second-order valence-corrected chi connectivity index (χ2v) is 2.73. The summed E-state index contributed by atoms with van der Waals surface area (Å²) in [6.45, 7) is 1.76. The minimum Gasteiger partial charge on any atom is -0.318 e. The smallest absolute Gasteiger partial charge is 0.318 e. The molecule has 0 aliphatic heterocycles. The second kappa shape index (κ2) is 5.51. The van der Waals surface area contributed by atoms with Gasteiger partial charge in [-0.15, -0.1) is 0 Å². The third-order valence-electron chi connectivity index (χ3n) is 1.55. The van der Waals surface area contributed by atoms with Crippen LogP contribution in [0.4, 0.5) is 10.5 Å². The van der Waals surface area contributed by atoms with Crippen molar-refractivity contribution >= 4 is 17.8 Å². The van der Waals surface area contributed by atoms with Crippen molar-refractivity contribution in [3.8, 4) is 0 Å². The molecule has 2 amide bonds. The molecule has 6 nitrogen and oxygen atoms in total. The van der Waals surface area contributed by atoms with Gasteiger partial charge in [0.15, 0.2) is 0 Å². The molecular weight excluding hydrogens is 196 g/mol. The number of amides is 2. The van der Waals surface area contributed by atoms with Crippen molar-refractivity contribution in [1.82, 2.24) is 10.3 Å². The van der Waals surface area contributed by atoms with E-state index in [1.807, 2.05) is 6.92 Å². The van der Waals surface area contributed by atoms with Gasteiger partial charge in [0.2, 0.25) is 6.08 Å². The molecule has 1 heterocycles. The molecule has 78 valence electrons. The molecule has 1 rings (SSSR count). The zero-order valence-corrected chi connectivity index (χ0v) is 8.15. The molecule has 0 spiro atoms. The molecule has 1 aromatic heterocycles. The number of rotatable bonds is 3. The maximum absolute atomic E-state index is 11.1. The van der Waals surface area contributed by atoms with Crippen LogP contribution in [0.15, 0.2) is 23.3 Å². The van der Waals surface area contributed by atoms with Crippen molar-refractivity contribution in [3.63, 3.8) is 0 Å². The molecule has 0 saturated heterocycles. The van der Waals surface area contributed by atoms with E-state index < -0.39 is 6.03 Å². The molecule has 0 fully saturated rings. The fraction of sp³-hybridized carbons (Fsp3) is 0.222. The normalized spacial score (nSPS) is 8.87. The number of pyridine rings is 1. The summed E-state index contributed by atoms with van der Waals surface area (Å²) in [7, 11) is 0. The molecule has 0 radical (unpaired) electrons. The Morgan fingerprint density at radius 1 is 1.60 bits per heavy atom. The summed E-state index contributed by atoms with van der Waals surface area (Å²) in [5.74, 6) is 0. The van der Waals surface area contributed by atoms with Gasteiger partial charge in [-0.3, -0.25) is 4.98 Å². The molecule has 2 N–H and O–H groups in total. The summed E-state index contributed by atoms with van der Waals surface area (Å²) in [5, 5.41) is 4.87. The van der Waals surface area contributed by atoms with Crippen molar-refractivity contribution in [2.24, 2.45) is 4.99 Å². The molecule has 0 atom stereocenters. The van der Waals surface area contributed by atoms with Gasteiger partial charge in [0, 0.05) is 5.69 Å². The quantitative estimate of drug-likeness (QED) is 0.566. The topological polar surface area (TPSA) is 83.5 Å². The number of carbonyl (C=O) groups excluding carboxylic acids is 2.